The van der Waals surface area contributed by atoms with Crippen molar-refractivity contribution in [1.82, 2.24) is 0 Å². The number of hydrogen-bond acceptors (Lipinski definition) is 3. The van der Waals surface area contributed by atoms with Gasteiger partial charge in [0.2, 0.25) is 0 Å². The maximum atomic E-state index is 9.24. The second-order valence-corrected chi connectivity index (χ2v) is 5.80. The first kappa shape index (κ1) is 13.4. The number of rotatable bonds is 2. The van der Waals surface area contributed by atoms with Gasteiger partial charge in [-0.15, -0.1) is 0 Å². The van der Waals surface area contributed by atoms with Crippen LogP contribution in [0, 0.1) is 11.3 Å². The van der Waals surface area contributed by atoms with Crippen LogP contribution >= 0.6 is 15.9 Å². The Morgan fingerprint density at radius 1 is 1.50 bits per heavy atom. The Labute approximate surface area is 117 Å². The third-order valence-electron chi connectivity index (χ3n) is 3.55. The summed E-state index contributed by atoms with van der Waals surface area (Å²) in [5.41, 5.74) is 7.82. The van der Waals surface area contributed by atoms with E-state index in [2.05, 4.69) is 26.9 Å². The topological polar surface area (TPSA) is 53.0 Å². The highest BCUT2D eigenvalue weighted by Crippen LogP contribution is 2.31. The molecule has 0 spiro atoms. The van der Waals surface area contributed by atoms with E-state index < -0.39 is 0 Å². The van der Waals surface area contributed by atoms with Crippen LogP contribution in [-0.2, 0) is 0 Å². The quantitative estimate of drug-likeness (QED) is 0.913. The second kappa shape index (κ2) is 5.73. The van der Waals surface area contributed by atoms with E-state index in [4.69, 9.17) is 5.73 Å². The molecule has 0 aromatic heterocycles. The standard InChI is InChI=1S/C14H18BrN3/c1-10(17)13-4-2-3-7-18(13)14-8-12(15)6-5-11(14)9-16/h5-6,8,10,13H,2-4,7,17H2,1H3. The molecule has 1 aliphatic rings. The molecular formula is C14H18BrN3. The van der Waals surface area contributed by atoms with Gasteiger partial charge in [-0.3, -0.25) is 0 Å². The molecule has 0 aliphatic carbocycles. The molecule has 18 heavy (non-hydrogen) atoms. The monoisotopic (exact) mass is 307 g/mol. The highest BCUT2D eigenvalue weighted by Gasteiger charge is 2.27. The van der Waals surface area contributed by atoms with Crippen molar-refractivity contribution in [3.63, 3.8) is 0 Å². The first-order valence-corrected chi connectivity index (χ1v) is 7.14. The largest absolute Gasteiger partial charge is 0.366 e. The lowest BCUT2D eigenvalue weighted by Gasteiger charge is -2.40. The van der Waals surface area contributed by atoms with Gasteiger partial charge in [-0.05, 0) is 44.4 Å². The van der Waals surface area contributed by atoms with Crippen molar-refractivity contribution in [2.75, 3.05) is 11.4 Å². The van der Waals surface area contributed by atoms with Crippen molar-refractivity contribution < 1.29 is 0 Å². The fourth-order valence-corrected chi connectivity index (χ4v) is 2.99. The summed E-state index contributed by atoms with van der Waals surface area (Å²) < 4.78 is 1.01. The van der Waals surface area contributed by atoms with E-state index in [0.29, 0.717) is 6.04 Å². The Kier molecular flexibility index (Phi) is 4.26. The molecule has 0 bridgehead atoms. The number of nitrogens with zero attached hydrogens (tertiary/aromatic N) is 2. The minimum absolute atomic E-state index is 0.121. The summed E-state index contributed by atoms with van der Waals surface area (Å²) in [5.74, 6) is 0. The number of piperidine rings is 1. The van der Waals surface area contributed by atoms with E-state index in [-0.39, 0.29) is 6.04 Å². The fourth-order valence-electron chi connectivity index (χ4n) is 2.64. The molecule has 2 atom stereocenters. The molecule has 1 aromatic rings. The van der Waals surface area contributed by atoms with E-state index in [1.165, 1.54) is 12.8 Å². The highest BCUT2D eigenvalue weighted by molar-refractivity contribution is 9.10. The van der Waals surface area contributed by atoms with Crippen LogP contribution < -0.4 is 10.6 Å². The number of hydrogen-bond donors (Lipinski definition) is 1. The van der Waals surface area contributed by atoms with Crippen molar-refractivity contribution >= 4 is 21.6 Å². The van der Waals surface area contributed by atoms with Gasteiger partial charge in [0, 0.05) is 23.1 Å². The Morgan fingerprint density at radius 3 is 2.94 bits per heavy atom. The number of nitrogens with two attached hydrogens (primary N) is 1. The van der Waals surface area contributed by atoms with Crippen LogP contribution in [0.15, 0.2) is 22.7 Å². The van der Waals surface area contributed by atoms with Crippen LogP contribution in [0.1, 0.15) is 31.7 Å². The first-order valence-electron chi connectivity index (χ1n) is 6.35. The molecule has 1 fully saturated rings. The summed E-state index contributed by atoms with van der Waals surface area (Å²) in [7, 11) is 0. The van der Waals surface area contributed by atoms with Gasteiger partial charge in [-0.1, -0.05) is 15.9 Å². The molecule has 0 radical (unpaired) electrons. The Bertz CT molecular complexity index is 465. The van der Waals surface area contributed by atoms with Crippen molar-refractivity contribution in [2.45, 2.75) is 38.3 Å². The van der Waals surface area contributed by atoms with Crippen LogP contribution in [-0.4, -0.2) is 18.6 Å². The number of halogens is 1. The molecule has 4 heteroatoms. The molecule has 1 aromatic carbocycles. The van der Waals surface area contributed by atoms with Crippen LogP contribution in [0.2, 0.25) is 0 Å². The minimum atomic E-state index is 0.121. The first-order chi connectivity index (χ1) is 8.63. The van der Waals surface area contributed by atoms with Crippen molar-refractivity contribution in [2.24, 2.45) is 5.73 Å². The van der Waals surface area contributed by atoms with Crippen molar-refractivity contribution in [1.29, 1.82) is 5.26 Å². The van der Waals surface area contributed by atoms with Gasteiger partial charge in [0.05, 0.1) is 11.3 Å². The van der Waals surface area contributed by atoms with Gasteiger partial charge < -0.3 is 10.6 Å². The van der Waals surface area contributed by atoms with E-state index in [1.54, 1.807) is 0 Å². The van der Waals surface area contributed by atoms with Gasteiger partial charge in [0.25, 0.3) is 0 Å². The molecule has 2 N–H and O–H groups in total. The molecule has 2 unspecified atom stereocenters. The molecule has 3 nitrogen and oxygen atoms in total. The molecule has 2 rings (SSSR count). The summed E-state index contributed by atoms with van der Waals surface area (Å²) in [6, 6.07) is 8.53. The molecule has 0 saturated carbocycles. The predicted molar refractivity (Wildman–Crippen MR) is 77.5 cm³/mol. The predicted octanol–water partition coefficient (Wildman–Crippen LogP) is 3.03. The fraction of sp³-hybridized carbons (Fsp3) is 0.500. The lowest BCUT2D eigenvalue weighted by Crippen LogP contribution is -2.49. The third-order valence-corrected chi connectivity index (χ3v) is 4.04. The van der Waals surface area contributed by atoms with E-state index in [1.807, 2.05) is 25.1 Å². The van der Waals surface area contributed by atoms with Crippen LogP contribution in [0.3, 0.4) is 0 Å². The third kappa shape index (κ3) is 2.68. The Morgan fingerprint density at radius 2 is 2.28 bits per heavy atom. The van der Waals surface area contributed by atoms with Gasteiger partial charge >= 0.3 is 0 Å². The summed E-state index contributed by atoms with van der Waals surface area (Å²) in [6.07, 6.45) is 3.49. The van der Waals surface area contributed by atoms with Gasteiger partial charge in [0.15, 0.2) is 0 Å². The molecule has 1 saturated heterocycles. The minimum Gasteiger partial charge on any atom is -0.366 e. The van der Waals surface area contributed by atoms with Crippen molar-refractivity contribution in [3.8, 4) is 6.07 Å². The van der Waals surface area contributed by atoms with E-state index in [0.717, 1.165) is 28.7 Å². The number of anilines is 1. The second-order valence-electron chi connectivity index (χ2n) is 4.89. The zero-order chi connectivity index (χ0) is 13.1. The van der Waals surface area contributed by atoms with Crippen LogP contribution in [0.25, 0.3) is 0 Å². The number of benzene rings is 1. The van der Waals surface area contributed by atoms with E-state index in [9.17, 15) is 5.26 Å². The Hall–Kier alpha value is -1.05. The van der Waals surface area contributed by atoms with Crippen LogP contribution in [0.5, 0.6) is 0 Å². The zero-order valence-electron chi connectivity index (χ0n) is 10.6. The lowest BCUT2D eigenvalue weighted by atomic mass is 9.95. The molecule has 1 aliphatic heterocycles. The molecule has 96 valence electrons. The van der Waals surface area contributed by atoms with Gasteiger partial charge in [0.1, 0.15) is 6.07 Å². The normalized spacial score (nSPS) is 21.4. The smallest absolute Gasteiger partial charge is 0.101 e. The number of nitriles is 1. The van der Waals surface area contributed by atoms with Gasteiger partial charge in [-0.25, -0.2) is 0 Å². The zero-order valence-corrected chi connectivity index (χ0v) is 12.2. The van der Waals surface area contributed by atoms with Crippen molar-refractivity contribution in [3.05, 3.63) is 28.2 Å². The maximum absolute atomic E-state index is 9.24. The summed E-state index contributed by atoms with van der Waals surface area (Å²) in [5, 5.41) is 9.24. The summed E-state index contributed by atoms with van der Waals surface area (Å²) in [4.78, 5) is 2.30. The summed E-state index contributed by atoms with van der Waals surface area (Å²) >= 11 is 3.48. The molecule has 0 amide bonds. The Balaban J connectivity index is 2.39. The van der Waals surface area contributed by atoms with Gasteiger partial charge in [-0.2, -0.15) is 5.26 Å². The van der Waals surface area contributed by atoms with E-state index >= 15 is 0 Å². The highest BCUT2D eigenvalue weighted by atomic mass is 79.9. The molecule has 1 heterocycles. The SMILES string of the molecule is CC(N)C1CCCCN1c1cc(Br)ccc1C#N. The maximum Gasteiger partial charge on any atom is 0.101 e. The lowest BCUT2D eigenvalue weighted by molar-refractivity contribution is 0.413. The average molecular weight is 308 g/mol. The average Bonchev–Trinajstić information content (AvgIpc) is 2.38. The summed E-state index contributed by atoms with van der Waals surface area (Å²) in [6.45, 7) is 3.03. The van der Waals surface area contributed by atoms with Crippen LogP contribution in [0.4, 0.5) is 5.69 Å². The molecular weight excluding hydrogens is 290 g/mol.